The maximum Gasteiger partial charge on any atom is 0.0864 e. The summed E-state index contributed by atoms with van der Waals surface area (Å²) in [4.78, 5) is 2.32. The zero-order valence-electron chi connectivity index (χ0n) is 7.42. The summed E-state index contributed by atoms with van der Waals surface area (Å²) in [7, 11) is 0. The lowest BCUT2D eigenvalue weighted by Gasteiger charge is -2.13. The minimum Gasteiger partial charge on any atom is -0.376 e. The van der Waals surface area contributed by atoms with E-state index in [0.29, 0.717) is 0 Å². The van der Waals surface area contributed by atoms with Gasteiger partial charge in [-0.1, -0.05) is 6.92 Å². The van der Waals surface area contributed by atoms with Crippen LogP contribution in [0.25, 0.3) is 0 Å². The fourth-order valence-corrected chi connectivity index (χ4v) is 1.53. The van der Waals surface area contributed by atoms with E-state index in [4.69, 9.17) is 10.5 Å². The summed E-state index contributed by atoms with van der Waals surface area (Å²) in [5, 5.41) is 0. The number of hydrogen-bond acceptors (Lipinski definition) is 3. The van der Waals surface area contributed by atoms with Crippen molar-refractivity contribution in [1.29, 1.82) is 0 Å². The molecule has 66 valence electrons. The molecular weight excluding hydrogens is 140 g/mol. The molecule has 3 nitrogen and oxygen atoms in total. The lowest BCUT2D eigenvalue weighted by molar-refractivity contribution is 0.0607. The second-order valence-corrected chi connectivity index (χ2v) is 3.01. The summed E-state index contributed by atoms with van der Waals surface area (Å²) in [5.41, 5.74) is 5.86. The normalized spacial score (nSPS) is 33.0. The molecule has 1 aliphatic rings. The van der Waals surface area contributed by atoms with Gasteiger partial charge in [0.1, 0.15) is 0 Å². The van der Waals surface area contributed by atoms with Gasteiger partial charge in [0.15, 0.2) is 0 Å². The Labute approximate surface area is 68.5 Å². The minimum atomic E-state index is 0.217. The van der Waals surface area contributed by atoms with Crippen LogP contribution < -0.4 is 5.73 Å². The molecule has 1 aliphatic heterocycles. The highest BCUT2D eigenvalue weighted by Gasteiger charge is 2.28. The van der Waals surface area contributed by atoms with Crippen molar-refractivity contribution in [2.45, 2.75) is 26.0 Å². The molecule has 0 amide bonds. The van der Waals surface area contributed by atoms with Gasteiger partial charge in [0.05, 0.1) is 6.10 Å². The summed E-state index contributed by atoms with van der Waals surface area (Å²) < 4.78 is 5.48. The van der Waals surface area contributed by atoms with Crippen molar-refractivity contribution in [3.05, 3.63) is 0 Å². The number of nitrogens with two attached hydrogens (primary N) is 1. The maximum atomic E-state index is 5.86. The molecule has 2 atom stereocenters. The van der Waals surface area contributed by atoms with Crippen molar-refractivity contribution in [2.24, 2.45) is 5.73 Å². The third kappa shape index (κ3) is 2.15. The zero-order valence-corrected chi connectivity index (χ0v) is 7.42. The van der Waals surface area contributed by atoms with Crippen LogP contribution in [-0.2, 0) is 4.74 Å². The first-order chi connectivity index (χ1) is 5.27. The molecule has 2 N–H and O–H groups in total. The standard InChI is InChI=1S/C8H18N2O/c1-3-10-5-7(9)8(6-10)11-4-2/h7-8H,3-6,9H2,1-2H3/t7-,8+/m0/s1. The highest BCUT2D eigenvalue weighted by atomic mass is 16.5. The van der Waals surface area contributed by atoms with E-state index in [9.17, 15) is 0 Å². The third-order valence-electron chi connectivity index (χ3n) is 2.21. The highest BCUT2D eigenvalue weighted by Crippen LogP contribution is 2.10. The molecule has 0 unspecified atom stereocenters. The van der Waals surface area contributed by atoms with Gasteiger partial charge in [0.25, 0.3) is 0 Å². The van der Waals surface area contributed by atoms with Crippen molar-refractivity contribution in [3.8, 4) is 0 Å². The summed E-state index contributed by atoms with van der Waals surface area (Å²) in [5.74, 6) is 0. The largest absolute Gasteiger partial charge is 0.376 e. The van der Waals surface area contributed by atoms with Gasteiger partial charge in [-0.3, -0.25) is 4.90 Å². The van der Waals surface area contributed by atoms with Crippen LogP contribution in [0, 0.1) is 0 Å². The quantitative estimate of drug-likeness (QED) is 0.631. The lowest BCUT2D eigenvalue weighted by Crippen LogP contribution is -2.35. The summed E-state index contributed by atoms with van der Waals surface area (Å²) in [6, 6.07) is 0.217. The van der Waals surface area contributed by atoms with Crippen molar-refractivity contribution >= 4 is 0 Å². The Balaban J connectivity index is 2.32. The molecule has 1 saturated heterocycles. The number of likely N-dealkylation sites (N-methyl/N-ethyl adjacent to an activating group) is 1. The van der Waals surface area contributed by atoms with E-state index in [1.165, 1.54) is 0 Å². The van der Waals surface area contributed by atoms with Crippen LogP contribution in [0.15, 0.2) is 0 Å². The van der Waals surface area contributed by atoms with E-state index in [0.717, 1.165) is 26.2 Å². The van der Waals surface area contributed by atoms with E-state index in [2.05, 4.69) is 11.8 Å². The molecule has 0 saturated carbocycles. The molecule has 0 aliphatic carbocycles. The summed E-state index contributed by atoms with van der Waals surface area (Å²) in [6.45, 7) is 8.02. The molecule has 1 heterocycles. The van der Waals surface area contributed by atoms with Crippen LogP contribution in [0.2, 0.25) is 0 Å². The van der Waals surface area contributed by atoms with E-state index < -0.39 is 0 Å². The number of rotatable bonds is 3. The smallest absolute Gasteiger partial charge is 0.0864 e. The third-order valence-corrected chi connectivity index (χ3v) is 2.21. The van der Waals surface area contributed by atoms with Gasteiger partial charge in [-0.2, -0.15) is 0 Å². The van der Waals surface area contributed by atoms with Crippen LogP contribution in [0.3, 0.4) is 0 Å². The number of likely N-dealkylation sites (tertiary alicyclic amines) is 1. The maximum absolute atomic E-state index is 5.86. The number of nitrogens with zero attached hydrogens (tertiary/aromatic N) is 1. The Kier molecular flexibility index (Phi) is 3.30. The predicted octanol–water partition coefficient (Wildman–Crippen LogP) is 0.0543. The monoisotopic (exact) mass is 158 g/mol. The highest BCUT2D eigenvalue weighted by molar-refractivity contribution is 4.87. The van der Waals surface area contributed by atoms with Crippen LogP contribution in [0.4, 0.5) is 0 Å². The molecule has 0 aromatic carbocycles. The van der Waals surface area contributed by atoms with Crippen molar-refractivity contribution in [3.63, 3.8) is 0 Å². The predicted molar refractivity (Wildman–Crippen MR) is 45.5 cm³/mol. The van der Waals surface area contributed by atoms with Crippen LogP contribution in [0.5, 0.6) is 0 Å². The Hall–Kier alpha value is -0.120. The summed E-state index contributed by atoms with van der Waals surface area (Å²) in [6.07, 6.45) is 0.264. The van der Waals surface area contributed by atoms with Crippen molar-refractivity contribution in [2.75, 3.05) is 26.2 Å². The Morgan fingerprint density at radius 3 is 2.64 bits per heavy atom. The van der Waals surface area contributed by atoms with Crippen LogP contribution >= 0.6 is 0 Å². The second-order valence-electron chi connectivity index (χ2n) is 3.01. The van der Waals surface area contributed by atoms with Crippen LogP contribution in [0.1, 0.15) is 13.8 Å². The van der Waals surface area contributed by atoms with Gasteiger partial charge >= 0.3 is 0 Å². The zero-order chi connectivity index (χ0) is 8.27. The van der Waals surface area contributed by atoms with Gasteiger partial charge in [0, 0.05) is 25.7 Å². The van der Waals surface area contributed by atoms with E-state index >= 15 is 0 Å². The molecule has 0 bridgehead atoms. The molecule has 0 aromatic heterocycles. The molecule has 0 radical (unpaired) electrons. The minimum absolute atomic E-state index is 0.217. The van der Waals surface area contributed by atoms with E-state index in [1.54, 1.807) is 0 Å². The Morgan fingerprint density at radius 2 is 2.18 bits per heavy atom. The topological polar surface area (TPSA) is 38.5 Å². The summed E-state index contributed by atoms with van der Waals surface area (Å²) >= 11 is 0. The van der Waals surface area contributed by atoms with Gasteiger partial charge in [-0.15, -0.1) is 0 Å². The first kappa shape index (κ1) is 8.97. The molecule has 3 heteroatoms. The molecule has 1 fully saturated rings. The lowest BCUT2D eigenvalue weighted by atomic mass is 10.2. The van der Waals surface area contributed by atoms with E-state index in [1.807, 2.05) is 6.92 Å². The van der Waals surface area contributed by atoms with E-state index in [-0.39, 0.29) is 12.1 Å². The molecular formula is C8H18N2O. The SMILES string of the molecule is CCO[C@@H]1CN(CC)C[C@@H]1N. The second kappa shape index (κ2) is 4.04. The Bertz CT molecular complexity index is 119. The van der Waals surface area contributed by atoms with Gasteiger partial charge in [-0.25, -0.2) is 0 Å². The van der Waals surface area contributed by atoms with Gasteiger partial charge in [-0.05, 0) is 13.5 Å². The first-order valence-corrected chi connectivity index (χ1v) is 4.37. The first-order valence-electron chi connectivity index (χ1n) is 4.37. The fourth-order valence-electron chi connectivity index (χ4n) is 1.53. The van der Waals surface area contributed by atoms with Crippen molar-refractivity contribution in [1.82, 2.24) is 4.90 Å². The molecule has 0 spiro atoms. The molecule has 11 heavy (non-hydrogen) atoms. The average Bonchev–Trinajstić information content (AvgIpc) is 2.33. The fraction of sp³-hybridized carbons (Fsp3) is 1.00. The van der Waals surface area contributed by atoms with Gasteiger partial charge in [0.2, 0.25) is 0 Å². The van der Waals surface area contributed by atoms with Crippen LogP contribution in [-0.4, -0.2) is 43.3 Å². The van der Waals surface area contributed by atoms with Gasteiger partial charge < -0.3 is 10.5 Å². The molecule has 0 aromatic rings. The Morgan fingerprint density at radius 1 is 1.45 bits per heavy atom. The molecule has 1 rings (SSSR count). The average molecular weight is 158 g/mol. The number of hydrogen-bond donors (Lipinski definition) is 1. The van der Waals surface area contributed by atoms with Crippen molar-refractivity contribution < 1.29 is 4.74 Å². The number of ether oxygens (including phenoxy) is 1.